The average molecular weight is 301 g/mol. The minimum Gasteiger partial charge on any atom is -0.279 e. The molecule has 8 heteroatoms. The van der Waals surface area contributed by atoms with Crippen LogP contribution in [0.15, 0.2) is 28.4 Å². The maximum atomic E-state index is 11.8. The highest BCUT2D eigenvalue weighted by atomic mass is 35.5. The van der Waals surface area contributed by atoms with Crippen LogP contribution in [-0.4, -0.2) is 36.6 Å². The number of aliphatic imine (C=N–C) groups is 1. The third-order valence-corrected chi connectivity index (χ3v) is 3.84. The summed E-state index contributed by atoms with van der Waals surface area (Å²) in [5, 5.41) is 7.10. The summed E-state index contributed by atoms with van der Waals surface area (Å²) in [6, 6.07) is 1.70. The molecule has 0 aliphatic carbocycles. The van der Waals surface area contributed by atoms with Gasteiger partial charge in [0.15, 0.2) is 15.7 Å². The number of nitrogens with one attached hydrogen (secondary N) is 1. The van der Waals surface area contributed by atoms with Crippen molar-refractivity contribution < 1.29 is 8.42 Å². The molecule has 0 saturated carbocycles. The minimum absolute atomic E-state index is 0.254. The Morgan fingerprint density at radius 2 is 2.26 bits per heavy atom. The first-order valence-corrected chi connectivity index (χ1v) is 7.82. The molecule has 2 rings (SSSR count). The molecule has 6 nitrogen and oxygen atoms in total. The van der Waals surface area contributed by atoms with Crippen LogP contribution in [0.1, 0.15) is 12.6 Å². The molecule has 0 bridgehead atoms. The van der Waals surface area contributed by atoms with E-state index in [4.69, 9.17) is 11.6 Å². The largest absolute Gasteiger partial charge is 0.279 e. The van der Waals surface area contributed by atoms with Crippen LogP contribution in [0, 0.1) is 0 Å². The zero-order valence-electron chi connectivity index (χ0n) is 10.4. The zero-order valence-corrected chi connectivity index (χ0v) is 12.0. The van der Waals surface area contributed by atoms with E-state index in [0.29, 0.717) is 5.82 Å². The number of hydrogen-bond donors (Lipinski definition) is 1. The third-order valence-electron chi connectivity index (χ3n) is 2.44. The summed E-state index contributed by atoms with van der Waals surface area (Å²) in [6.07, 6.45) is 7.67. The Morgan fingerprint density at radius 1 is 1.53 bits per heavy atom. The first kappa shape index (κ1) is 13.8. The SMILES string of the molecule is CC=Cc1cc(N2C(Cl)=CC=NC2S(C)(=O)=O)n[nH]1. The number of rotatable bonds is 3. The molecule has 1 N–H and O–H groups in total. The van der Waals surface area contributed by atoms with E-state index in [1.807, 2.05) is 19.1 Å². The molecule has 0 spiro atoms. The van der Waals surface area contributed by atoms with Gasteiger partial charge in [-0.1, -0.05) is 17.7 Å². The molecule has 2 heterocycles. The Labute approximate surface area is 116 Å². The van der Waals surface area contributed by atoms with Gasteiger partial charge in [0.05, 0.1) is 5.69 Å². The summed E-state index contributed by atoms with van der Waals surface area (Å²) in [5.74, 6) is 0.404. The second-order valence-electron chi connectivity index (χ2n) is 3.99. The van der Waals surface area contributed by atoms with E-state index in [0.717, 1.165) is 11.9 Å². The first-order chi connectivity index (χ1) is 8.93. The van der Waals surface area contributed by atoms with Crippen molar-refractivity contribution in [3.63, 3.8) is 0 Å². The number of allylic oxidation sites excluding steroid dienone is 2. The van der Waals surface area contributed by atoms with Gasteiger partial charge in [0.2, 0.25) is 5.50 Å². The maximum absolute atomic E-state index is 11.8. The van der Waals surface area contributed by atoms with E-state index >= 15 is 0 Å². The fraction of sp³-hybridized carbons (Fsp3) is 0.273. The molecular weight excluding hydrogens is 288 g/mol. The number of H-pyrrole nitrogens is 1. The molecule has 1 aromatic heterocycles. The number of aromatic nitrogens is 2. The van der Waals surface area contributed by atoms with Crippen molar-refractivity contribution in [2.75, 3.05) is 11.2 Å². The summed E-state index contributed by atoms with van der Waals surface area (Å²) < 4.78 is 23.5. The summed E-state index contributed by atoms with van der Waals surface area (Å²) in [6.45, 7) is 1.87. The van der Waals surface area contributed by atoms with Crippen LogP contribution in [0.25, 0.3) is 6.08 Å². The molecule has 1 aliphatic heterocycles. The van der Waals surface area contributed by atoms with Crippen LogP contribution >= 0.6 is 11.6 Å². The zero-order chi connectivity index (χ0) is 14.0. The van der Waals surface area contributed by atoms with Gasteiger partial charge in [0, 0.05) is 18.5 Å². The normalized spacial score (nSPS) is 20.1. The summed E-state index contributed by atoms with van der Waals surface area (Å²) in [7, 11) is -3.43. The fourth-order valence-corrected chi connectivity index (χ4v) is 2.86. The number of anilines is 1. The molecule has 1 atom stereocenters. The van der Waals surface area contributed by atoms with Crippen molar-refractivity contribution in [1.29, 1.82) is 0 Å². The molecular formula is C11H13ClN4O2S. The number of aromatic amines is 1. The summed E-state index contributed by atoms with van der Waals surface area (Å²) in [4.78, 5) is 5.31. The van der Waals surface area contributed by atoms with E-state index in [1.165, 1.54) is 17.2 Å². The Bertz CT molecular complexity index is 660. The van der Waals surface area contributed by atoms with Gasteiger partial charge in [0.25, 0.3) is 0 Å². The van der Waals surface area contributed by atoms with E-state index in [1.54, 1.807) is 6.07 Å². The van der Waals surface area contributed by atoms with Gasteiger partial charge in [-0.3, -0.25) is 15.0 Å². The second kappa shape index (κ2) is 5.18. The lowest BCUT2D eigenvalue weighted by molar-refractivity contribution is 0.585. The molecule has 0 saturated heterocycles. The van der Waals surface area contributed by atoms with E-state index in [-0.39, 0.29) is 5.16 Å². The first-order valence-electron chi connectivity index (χ1n) is 5.48. The molecule has 19 heavy (non-hydrogen) atoms. The molecule has 102 valence electrons. The lowest BCUT2D eigenvalue weighted by Crippen LogP contribution is -2.39. The predicted molar refractivity (Wildman–Crippen MR) is 76.8 cm³/mol. The molecule has 0 aromatic carbocycles. The highest BCUT2D eigenvalue weighted by Gasteiger charge is 2.32. The molecule has 1 aliphatic rings. The quantitative estimate of drug-likeness (QED) is 0.863. The lowest BCUT2D eigenvalue weighted by atomic mass is 10.3. The van der Waals surface area contributed by atoms with Gasteiger partial charge in [-0.25, -0.2) is 8.42 Å². The van der Waals surface area contributed by atoms with Gasteiger partial charge in [-0.15, -0.1) is 0 Å². The highest BCUT2D eigenvalue weighted by Crippen LogP contribution is 2.28. The number of nitrogens with zero attached hydrogens (tertiary/aromatic N) is 3. The van der Waals surface area contributed by atoms with Gasteiger partial charge in [-0.05, 0) is 19.1 Å². The minimum atomic E-state index is -3.43. The molecule has 1 aromatic rings. The van der Waals surface area contributed by atoms with Crippen molar-refractivity contribution in [2.45, 2.75) is 12.4 Å². The van der Waals surface area contributed by atoms with Crippen molar-refractivity contribution in [2.24, 2.45) is 4.99 Å². The van der Waals surface area contributed by atoms with Crippen LogP contribution < -0.4 is 4.90 Å². The van der Waals surface area contributed by atoms with Crippen molar-refractivity contribution in [3.05, 3.63) is 29.1 Å². The number of sulfone groups is 1. The van der Waals surface area contributed by atoms with Crippen molar-refractivity contribution in [3.8, 4) is 0 Å². The van der Waals surface area contributed by atoms with Crippen LogP contribution in [0.2, 0.25) is 0 Å². The monoisotopic (exact) mass is 300 g/mol. The Hall–Kier alpha value is -1.60. The lowest BCUT2D eigenvalue weighted by Gasteiger charge is -2.28. The van der Waals surface area contributed by atoms with E-state index < -0.39 is 15.3 Å². The van der Waals surface area contributed by atoms with Crippen LogP contribution in [0.3, 0.4) is 0 Å². The van der Waals surface area contributed by atoms with Gasteiger partial charge in [0.1, 0.15) is 5.16 Å². The van der Waals surface area contributed by atoms with Crippen LogP contribution in [0.5, 0.6) is 0 Å². The van der Waals surface area contributed by atoms with E-state index in [2.05, 4.69) is 15.2 Å². The Balaban J connectivity index is 2.44. The number of hydrogen-bond acceptors (Lipinski definition) is 5. The fourth-order valence-electron chi connectivity index (χ4n) is 1.67. The standard InChI is InChI=1S/C11H13ClN4O2S/c1-3-4-8-7-10(15-14-8)16-9(12)5-6-13-11(16)19(2,17)18/h3-7,11H,1-2H3,(H,14,15). The second-order valence-corrected chi connectivity index (χ2v) is 6.46. The predicted octanol–water partition coefficient (Wildman–Crippen LogP) is 1.74. The molecule has 0 amide bonds. The van der Waals surface area contributed by atoms with Crippen LogP contribution in [-0.2, 0) is 9.84 Å². The topological polar surface area (TPSA) is 78.4 Å². The summed E-state index contributed by atoms with van der Waals surface area (Å²) >= 11 is 6.06. The summed E-state index contributed by atoms with van der Waals surface area (Å²) in [5.41, 5.74) is -0.337. The molecule has 0 radical (unpaired) electrons. The third kappa shape index (κ3) is 2.87. The average Bonchev–Trinajstić information content (AvgIpc) is 2.76. The molecule has 1 unspecified atom stereocenters. The van der Waals surface area contributed by atoms with Gasteiger partial charge < -0.3 is 0 Å². The van der Waals surface area contributed by atoms with E-state index in [9.17, 15) is 8.42 Å². The van der Waals surface area contributed by atoms with Crippen molar-refractivity contribution >= 4 is 39.5 Å². The number of halogens is 1. The van der Waals surface area contributed by atoms with Gasteiger partial charge in [-0.2, -0.15) is 5.10 Å². The highest BCUT2D eigenvalue weighted by molar-refractivity contribution is 7.91. The smallest absolute Gasteiger partial charge is 0.230 e. The maximum Gasteiger partial charge on any atom is 0.230 e. The Morgan fingerprint density at radius 3 is 2.89 bits per heavy atom. The Kier molecular flexibility index (Phi) is 3.77. The van der Waals surface area contributed by atoms with Crippen molar-refractivity contribution in [1.82, 2.24) is 10.2 Å². The van der Waals surface area contributed by atoms with Crippen LogP contribution in [0.4, 0.5) is 5.82 Å². The van der Waals surface area contributed by atoms with Gasteiger partial charge >= 0.3 is 0 Å². The molecule has 0 fully saturated rings.